The Morgan fingerprint density at radius 1 is 1.24 bits per heavy atom. The van der Waals surface area contributed by atoms with Crippen LogP contribution in [0.15, 0.2) is 35.7 Å². The Morgan fingerprint density at radius 2 is 2.03 bits per heavy atom. The van der Waals surface area contributed by atoms with Gasteiger partial charge in [0.15, 0.2) is 0 Å². The fraction of sp³-hybridized carbons (Fsp3) is 0.435. The van der Waals surface area contributed by atoms with Crippen LogP contribution in [0.3, 0.4) is 0 Å². The molecule has 1 saturated heterocycles. The molecule has 4 rings (SSSR count). The summed E-state index contributed by atoms with van der Waals surface area (Å²) in [6, 6.07) is 10.6. The number of piperidine rings is 1. The largest absolute Gasteiger partial charge is 0.348 e. The summed E-state index contributed by atoms with van der Waals surface area (Å²) >= 11 is 1.71. The number of aromatic nitrogens is 2. The summed E-state index contributed by atoms with van der Waals surface area (Å²) < 4.78 is 0. The first-order chi connectivity index (χ1) is 14.0. The summed E-state index contributed by atoms with van der Waals surface area (Å²) in [7, 11) is 0. The van der Waals surface area contributed by atoms with Gasteiger partial charge in [0, 0.05) is 29.3 Å². The molecular weight excluding hydrogens is 380 g/mol. The zero-order chi connectivity index (χ0) is 20.4. The molecule has 2 aromatic heterocycles. The zero-order valence-electron chi connectivity index (χ0n) is 17.3. The Hall–Kier alpha value is -2.47. The van der Waals surface area contributed by atoms with Crippen molar-refractivity contribution in [1.29, 1.82) is 0 Å². The number of anilines is 1. The summed E-state index contributed by atoms with van der Waals surface area (Å²) in [4.78, 5) is 25.8. The lowest BCUT2D eigenvalue weighted by molar-refractivity contribution is -0.126. The van der Waals surface area contributed by atoms with Crippen LogP contribution in [0.4, 0.5) is 5.95 Å². The van der Waals surface area contributed by atoms with Crippen molar-refractivity contribution < 1.29 is 4.79 Å². The van der Waals surface area contributed by atoms with E-state index in [1.165, 1.54) is 10.4 Å². The van der Waals surface area contributed by atoms with Gasteiger partial charge in [0.25, 0.3) is 0 Å². The lowest BCUT2D eigenvalue weighted by Crippen LogP contribution is -2.42. The third kappa shape index (κ3) is 4.27. The van der Waals surface area contributed by atoms with Gasteiger partial charge in [0.1, 0.15) is 0 Å². The van der Waals surface area contributed by atoms with E-state index >= 15 is 0 Å². The fourth-order valence-electron chi connectivity index (χ4n) is 4.02. The quantitative estimate of drug-likeness (QED) is 0.659. The summed E-state index contributed by atoms with van der Waals surface area (Å²) in [5, 5.41) is 6.43. The average Bonchev–Trinajstić information content (AvgIpc) is 3.27. The van der Waals surface area contributed by atoms with Crippen LogP contribution >= 0.6 is 11.3 Å². The molecule has 1 amide bonds. The summed E-state index contributed by atoms with van der Waals surface area (Å²) in [5.74, 6) is 1.02. The first-order valence-corrected chi connectivity index (χ1v) is 11.3. The number of benzene rings is 1. The Morgan fingerprint density at radius 3 is 2.72 bits per heavy atom. The number of nitrogens with zero attached hydrogens (tertiary/aromatic N) is 3. The van der Waals surface area contributed by atoms with Crippen molar-refractivity contribution in [2.45, 2.75) is 46.1 Å². The number of thiophene rings is 1. The maximum Gasteiger partial charge on any atom is 0.226 e. The highest BCUT2D eigenvalue weighted by Gasteiger charge is 2.28. The van der Waals surface area contributed by atoms with Crippen molar-refractivity contribution in [3.63, 3.8) is 0 Å². The number of hydrogen-bond donors (Lipinski definition) is 1. The van der Waals surface area contributed by atoms with Crippen LogP contribution in [-0.4, -0.2) is 29.0 Å². The summed E-state index contributed by atoms with van der Waals surface area (Å²) in [6.45, 7) is 7.87. The van der Waals surface area contributed by atoms with E-state index in [0.717, 1.165) is 54.9 Å². The van der Waals surface area contributed by atoms with E-state index in [-0.39, 0.29) is 17.9 Å². The van der Waals surface area contributed by atoms with Gasteiger partial charge in [0.05, 0.1) is 17.3 Å². The predicted molar refractivity (Wildman–Crippen MR) is 119 cm³/mol. The van der Waals surface area contributed by atoms with Crippen LogP contribution in [0.5, 0.6) is 0 Å². The molecule has 29 heavy (non-hydrogen) atoms. The molecule has 0 bridgehead atoms. The molecule has 1 aliphatic rings. The van der Waals surface area contributed by atoms with Crippen molar-refractivity contribution in [1.82, 2.24) is 15.3 Å². The van der Waals surface area contributed by atoms with Crippen molar-refractivity contribution in [3.05, 3.63) is 51.8 Å². The van der Waals surface area contributed by atoms with E-state index < -0.39 is 0 Å². The Bertz CT molecular complexity index is 994. The van der Waals surface area contributed by atoms with Gasteiger partial charge < -0.3 is 10.2 Å². The van der Waals surface area contributed by atoms with Gasteiger partial charge in [0.2, 0.25) is 11.9 Å². The van der Waals surface area contributed by atoms with Gasteiger partial charge in [-0.1, -0.05) is 24.6 Å². The van der Waals surface area contributed by atoms with Gasteiger partial charge in [-0.15, -0.1) is 11.3 Å². The summed E-state index contributed by atoms with van der Waals surface area (Å²) in [6.07, 6.45) is 2.58. The van der Waals surface area contributed by atoms with Crippen LogP contribution < -0.4 is 10.2 Å². The zero-order valence-corrected chi connectivity index (χ0v) is 18.1. The Balaban J connectivity index is 1.41. The maximum atomic E-state index is 12.8. The number of fused-ring (bicyclic) bond motifs is 1. The molecule has 152 valence electrons. The number of aryl methyl sites for hydroxylation is 2. The number of amides is 1. The monoisotopic (exact) mass is 408 g/mol. The molecule has 0 radical (unpaired) electrons. The molecule has 5 nitrogen and oxygen atoms in total. The van der Waals surface area contributed by atoms with E-state index in [4.69, 9.17) is 9.97 Å². The molecule has 0 saturated carbocycles. The van der Waals surface area contributed by atoms with E-state index in [9.17, 15) is 4.79 Å². The summed E-state index contributed by atoms with van der Waals surface area (Å²) in [5.41, 5.74) is 3.21. The second kappa shape index (κ2) is 8.49. The lowest BCUT2D eigenvalue weighted by Gasteiger charge is -2.32. The standard InChI is InChI=1S/C23H28N4OS/c1-4-19(21-6-5-13-29-21)25-22(28)17-9-11-27(12-10-17)23-24-16(3)18-14-15(2)7-8-20(18)26-23/h5-8,13-14,17,19H,4,9-12H2,1-3H3,(H,25,28). The highest BCUT2D eigenvalue weighted by atomic mass is 32.1. The lowest BCUT2D eigenvalue weighted by atomic mass is 9.95. The first kappa shape index (κ1) is 19.8. The normalized spacial score (nSPS) is 16.2. The molecule has 3 aromatic rings. The number of hydrogen-bond acceptors (Lipinski definition) is 5. The van der Waals surface area contributed by atoms with Crippen molar-refractivity contribution in [2.24, 2.45) is 5.92 Å². The van der Waals surface area contributed by atoms with Crippen LogP contribution in [0.25, 0.3) is 10.9 Å². The third-order valence-electron chi connectivity index (χ3n) is 5.79. The second-order valence-corrected chi connectivity index (χ2v) is 8.86. The highest BCUT2D eigenvalue weighted by Crippen LogP contribution is 2.26. The van der Waals surface area contributed by atoms with Crippen molar-refractivity contribution in [3.8, 4) is 0 Å². The Kier molecular flexibility index (Phi) is 5.81. The second-order valence-electron chi connectivity index (χ2n) is 7.88. The minimum absolute atomic E-state index is 0.0597. The van der Waals surface area contributed by atoms with Crippen molar-refractivity contribution >= 4 is 34.1 Å². The molecule has 1 aliphatic heterocycles. The molecule has 6 heteroatoms. The number of carbonyl (C=O) groups excluding carboxylic acids is 1. The van der Waals surface area contributed by atoms with Gasteiger partial charge in [-0.3, -0.25) is 4.79 Å². The topological polar surface area (TPSA) is 58.1 Å². The molecule has 1 N–H and O–H groups in total. The third-order valence-corrected chi connectivity index (χ3v) is 6.78. The maximum absolute atomic E-state index is 12.8. The van der Waals surface area contributed by atoms with E-state index in [1.54, 1.807) is 11.3 Å². The van der Waals surface area contributed by atoms with Gasteiger partial charge >= 0.3 is 0 Å². The minimum Gasteiger partial charge on any atom is -0.348 e. The molecular formula is C23H28N4OS. The van der Waals surface area contributed by atoms with E-state index in [0.29, 0.717) is 0 Å². The van der Waals surface area contributed by atoms with Gasteiger partial charge in [-0.2, -0.15) is 0 Å². The molecule has 1 unspecified atom stereocenters. The first-order valence-electron chi connectivity index (χ1n) is 10.4. The average molecular weight is 409 g/mol. The number of carbonyl (C=O) groups is 1. The smallest absolute Gasteiger partial charge is 0.226 e. The number of nitrogens with one attached hydrogen (secondary N) is 1. The Labute approximate surface area is 176 Å². The van der Waals surface area contributed by atoms with Crippen LogP contribution in [0.2, 0.25) is 0 Å². The predicted octanol–water partition coefficient (Wildman–Crippen LogP) is 4.79. The van der Waals surface area contributed by atoms with Crippen LogP contribution in [0, 0.1) is 19.8 Å². The van der Waals surface area contributed by atoms with Gasteiger partial charge in [-0.25, -0.2) is 9.97 Å². The molecule has 0 aliphatic carbocycles. The van der Waals surface area contributed by atoms with Crippen LogP contribution in [-0.2, 0) is 4.79 Å². The molecule has 1 aromatic carbocycles. The van der Waals surface area contributed by atoms with E-state index in [2.05, 4.69) is 53.7 Å². The molecule has 1 atom stereocenters. The van der Waals surface area contributed by atoms with E-state index in [1.807, 2.05) is 13.0 Å². The highest BCUT2D eigenvalue weighted by molar-refractivity contribution is 7.10. The van der Waals surface area contributed by atoms with Gasteiger partial charge in [-0.05, 0) is 56.7 Å². The van der Waals surface area contributed by atoms with Crippen molar-refractivity contribution in [2.75, 3.05) is 18.0 Å². The van der Waals surface area contributed by atoms with Crippen LogP contribution in [0.1, 0.15) is 48.4 Å². The number of rotatable bonds is 5. The minimum atomic E-state index is 0.0597. The molecule has 3 heterocycles. The SMILES string of the molecule is CCC(NC(=O)C1CCN(c2nc(C)c3cc(C)ccc3n2)CC1)c1cccs1. The molecule has 0 spiro atoms. The fourth-order valence-corrected chi connectivity index (χ4v) is 4.88. The molecule has 1 fully saturated rings.